The SMILES string of the molecule is Cc1ccc(-c2cccc(-c3nc4c(ccc5cc(C(=O)NC(CC(=O)O)C(=O)O)cc(O)c54)[nH]3)c2)cc1C. The van der Waals surface area contributed by atoms with Crippen molar-refractivity contribution in [2.75, 3.05) is 0 Å². The number of hydrogen-bond donors (Lipinski definition) is 5. The highest BCUT2D eigenvalue weighted by molar-refractivity contribution is 6.11. The number of nitrogens with one attached hydrogen (secondary N) is 2. The van der Waals surface area contributed by atoms with Gasteiger partial charge in [0.2, 0.25) is 0 Å². The van der Waals surface area contributed by atoms with Crippen LogP contribution >= 0.6 is 0 Å². The van der Waals surface area contributed by atoms with Crippen LogP contribution in [0.25, 0.3) is 44.3 Å². The van der Waals surface area contributed by atoms with Crippen LogP contribution in [0, 0.1) is 13.8 Å². The van der Waals surface area contributed by atoms with Crippen molar-refractivity contribution >= 4 is 39.7 Å². The summed E-state index contributed by atoms with van der Waals surface area (Å²) in [6, 6.07) is 18.9. The van der Waals surface area contributed by atoms with Crippen molar-refractivity contribution in [3.05, 3.63) is 83.4 Å². The van der Waals surface area contributed by atoms with Gasteiger partial charge in [-0.1, -0.05) is 42.5 Å². The number of fused-ring (bicyclic) bond motifs is 3. The lowest BCUT2D eigenvalue weighted by Crippen LogP contribution is -2.42. The first kappa shape index (κ1) is 25.5. The number of rotatable bonds is 7. The summed E-state index contributed by atoms with van der Waals surface area (Å²) < 4.78 is 0. The summed E-state index contributed by atoms with van der Waals surface area (Å²) in [5.41, 5.74) is 6.63. The van der Waals surface area contributed by atoms with Gasteiger partial charge in [0.15, 0.2) is 0 Å². The third-order valence-corrected chi connectivity index (χ3v) is 6.77. The number of amides is 1. The molecular formula is C30H25N3O6. The van der Waals surface area contributed by atoms with Crippen molar-refractivity contribution in [1.82, 2.24) is 15.3 Å². The molecule has 1 amide bonds. The number of aliphatic carboxylic acids is 2. The zero-order chi connectivity index (χ0) is 27.8. The molecule has 0 aliphatic heterocycles. The number of carbonyl (C=O) groups is 3. The Bertz CT molecular complexity index is 1790. The minimum atomic E-state index is -1.61. The van der Waals surface area contributed by atoms with E-state index in [1.165, 1.54) is 23.3 Å². The van der Waals surface area contributed by atoms with Crippen molar-refractivity contribution in [3.63, 3.8) is 0 Å². The maximum atomic E-state index is 12.7. The number of carbonyl (C=O) groups excluding carboxylic acids is 1. The lowest BCUT2D eigenvalue weighted by Gasteiger charge is -2.13. The fourth-order valence-electron chi connectivity index (χ4n) is 4.56. The molecule has 0 fully saturated rings. The van der Waals surface area contributed by atoms with Crippen LogP contribution < -0.4 is 5.32 Å². The predicted molar refractivity (Wildman–Crippen MR) is 147 cm³/mol. The number of benzene rings is 4. The number of nitrogens with zero attached hydrogens (tertiary/aromatic N) is 1. The minimum Gasteiger partial charge on any atom is -0.507 e. The van der Waals surface area contributed by atoms with Gasteiger partial charge in [-0.25, -0.2) is 9.78 Å². The number of hydrogen-bond acceptors (Lipinski definition) is 5. The number of phenolic OH excluding ortho intramolecular Hbond substituents is 1. The first-order valence-electron chi connectivity index (χ1n) is 12.2. The first-order chi connectivity index (χ1) is 18.6. The second-order valence-electron chi connectivity index (χ2n) is 9.48. The van der Waals surface area contributed by atoms with Gasteiger partial charge in [-0.15, -0.1) is 0 Å². The molecule has 1 unspecified atom stereocenters. The Kier molecular flexibility index (Phi) is 6.49. The van der Waals surface area contributed by atoms with Crippen molar-refractivity contribution in [2.45, 2.75) is 26.3 Å². The summed E-state index contributed by atoms with van der Waals surface area (Å²) in [6.45, 7) is 4.15. The number of phenols is 1. The fourth-order valence-corrected chi connectivity index (χ4v) is 4.56. The van der Waals surface area contributed by atoms with Gasteiger partial charge in [0.05, 0.1) is 17.3 Å². The summed E-state index contributed by atoms with van der Waals surface area (Å²) in [6.07, 6.45) is -0.776. The quantitative estimate of drug-likeness (QED) is 0.201. The Labute approximate surface area is 222 Å². The van der Waals surface area contributed by atoms with Gasteiger partial charge < -0.3 is 25.6 Å². The minimum absolute atomic E-state index is 0.00663. The van der Waals surface area contributed by atoms with Gasteiger partial charge in [0.25, 0.3) is 5.91 Å². The molecule has 0 radical (unpaired) electrons. The van der Waals surface area contributed by atoms with E-state index in [9.17, 15) is 24.6 Å². The molecule has 9 nitrogen and oxygen atoms in total. The molecule has 5 N–H and O–H groups in total. The number of imidazole rings is 1. The lowest BCUT2D eigenvalue weighted by molar-refractivity contribution is -0.145. The maximum Gasteiger partial charge on any atom is 0.326 e. The first-order valence-corrected chi connectivity index (χ1v) is 12.2. The van der Waals surface area contributed by atoms with Gasteiger partial charge in [0.1, 0.15) is 23.1 Å². The van der Waals surface area contributed by atoms with E-state index >= 15 is 0 Å². The second-order valence-corrected chi connectivity index (χ2v) is 9.48. The average molecular weight is 524 g/mol. The molecule has 0 saturated heterocycles. The van der Waals surface area contributed by atoms with Crippen LogP contribution in [0.4, 0.5) is 0 Å². The van der Waals surface area contributed by atoms with Crippen LogP contribution in [0.15, 0.2) is 66.7 Å². The van der Waals surface area contributed by atoms with E-state index in [2.05, 4.69) is 42.3 Å². The molecule has 1 aromatic heterocycles. The monoisotopic (exact) mass is 523 g/mol. The number of aromatic nitrogens is 2. The molecule has 39 heavy (non-hydrogen) atoms. The molecule has 0 bridgehead atoms. The molecule has 0 aliphatic rings. The Balaban J connectivity index is 1.51. The van der Waals surface area contributed by atoms with Crippen molar-refractivity contribution in [3.8, 4) is 28.3 Å². The van der Waals surface area contributed by atoms with Gasteiger partial charge in [-0.05, 0) is 65.8 Å². The zero-order valence-electron chi connectivity index (χ0n) is 21.1. The van der Waals surface area contributed by atoms with Gasteiger partial charge in [0, 0.05) is 11.1 Å². The smallest absolute Gasteiger partial charge is 0.326 e. The summed E-state index contributed by atoms with van der Waals surface area (Å²) in [4.78, 5) is 43.0. The van der Waals surface area contributed by atoms with E-state index in [0.29, 0.717) is 27.6 Å². The molecule has 0 aliphatic carbocycles. The number of aromatic hydroxyl groups is 1. The number of aryl methyl sites for hydroxylation is 2. The Morgan fingerprint density at radius 1 is 0.897 bits per heavy atom. The summed E-state index contributed by atoms with van der Waals surface area (Å²) in [7, 11) is 0. The molecule has 4 aromatic carbocycles. The fraction of sp³-hybridized carbons (Fsp3) is 0.133. The molecule has 1 heterocycles. The molecule has 196 valence electrons. The van der Waals surface area contributed by atoms with E-state index in [1.807, 2.05) is 24.3 Å². The van der Waals surface area contributed by atoms with Crippen LogP contribution in [0.2, 0.25) is 0 Å². The van der Waals surface area contributed by atoms with Crippen LogP contribution in [0.1, 0.15) is 27.9 Å². The third kappa shape index (κ3) is 5.02. The number of aromatic amines is 1. The van der Waals surface area contributed by atoms with E-state index < -0.39 is 30.3 Å². The Hall–Kier alpha value is -5.18. The highest BCUT2D eigenvalue weighted by atomic mass is 16.4. The number of carboxylic acids is 2. The third-order valence-electron chi connectivity index (χ3n) is 6.77. The summed E-state index contributed by atoms with van der Waals surface area (Å²) in [5, 5.41) is 32.1. The van der Waals surface area contributed by atoms with Crippen molar-refractivity contribution < 1.29 is 29.7 Å². The van der Waals surface area contributed by atoms with Crippen LogP contribution in [-0.4, -0.2) is 49.2 Å². The normalized spacial score (nSPS) is 11.9. The summed E-state index contributed by atoms with van der Waals surface area (Å²) >= 11 is 0. The molecule has 0 spiro atoms. The van der Waals surface area contributed by atoms with Crippen LogP contribution in [0.3, 0.4) is 0 Å². The van der Waals surface area contributed by atoms with Crippen LogP contribution in [0.5, 0.6) is 5.75 Å². The maximum absolute atomic E-state index is 12.7. The van der Waals surface area contributed by atoms with E-state index in [4.69, 9.17) is 10.1 Å². The lowest BCUT2D eigenvalue weighted by atomic mass is 9.99. The Morgan fingerprint density at radius 3 is 2.36 bits per heavy atom. The Morgan fingerprint density at radius 2 is 1.64 bits per heavy atom. The largest absolute Gasteiger partial charge is 0.507 e. The predicted octanol–water partition coefficient (Wildman–Crippen LogP) is 5.03. The molecule has 1 atom stereocenters. The topological polar surface area (TPSA) is 153 Å². The molecule has 0 saturated carbocycles. The van der Waals surface area contributed by atoms with Crippen LogP contribution in [-0.2, 0) is 9.59 Å². The van der Waals surface area contributed by atoms with Gasteiger partial charge in [-0.3, -0.25) is 9.59 Å². The van der Waals surface area contributed by atoms with Gasteiger partial charge >= 0.3 is 11.9 Å². The number of H-pyrrole nitrogens is 1. The summed E-state index contributed by atoms with van der Waals surface area (Å²) in [5.74, 6) is -3.24. The molecule has 5 aromatic rings. The molecular weight excluding hydrogens is 498 g/mol. The van der Waals surface area contributed by atoms with E-state index in [1.54, 1.807) is 12.1 Å². The standard InChI is InChI=1S/C30H25N3O6/c1-15-6-7-18(10-16(15)2)17-4-3-5-20(11-17)28-31-22-9-8-19-12-21(13-24(34)26(19)27(22)33-28)29(37)32-23(30(38)39)14-25(35)36/h3-13,23,34H,14H2,1-2H3,(H,31,33)(H,32,37)(H,35,36)(H,38,39). The van der Waals surface area contributed by atoms with E-state index in [0.717, 1.165) is 16.7 Å². The molecule has 9 heteroatoms. The highest BCUT2D eigenvalue weighted by Gasteiger charge is 2.24. The second kappa shape index (κ2) is 9.94. The average Bonchev–Trinajstić information content (AvgIpc) is 3.34. The zero-order valence-corrected chi connectivity index (χ0v) is 21.1. The van der Waals surface area contributed by atoms with E-state index in [-0.39, 0.29) is 11.3 Å². The van der Waals surface area contributed by atoms with Crippen molar-refractivity contribution in [1.29, 1.82) is 0 Å². The highest BCUT2D eigenvalue weighted by Crippen LogP contribution is 2.35. The molecule has 5 rings (SSSR count). The number of carboxylic acid groups (broad SMARTS) is 2. The van der Waals surface area contributed by atoms with Crippen molar-refractivity contribution in [2.24, 2.45) is 0 Å². The van der Waals surface area contributed by atoms with Gasteiger partial charge in [-0.2, -0.15) is 0 Å².